The van der Waals surface area contributed by atoms with Crippen molar-refractivity contribution >= 4 is 59.0 Å². The standard InChI is InChI=1S/C31H37F3N6O4S.2ClH/c1-3-14-44-24-8-7-20(15-22(24)31(32,33)34)27-25(18-40-11-5-6-21(40)4-2)45-30(37-27)38-28(41)23-16-36-26(17-35-23)39-12-9-19(10-13-39)29(42)43;;/h7-8,15-17,19,21H,3-6,9-14,18H2,1-2H3,(H,42,43)(H,37,38,41);2*1H/t21-;;/m1../s1. The molecule has 2 fully saturated rings. The Bertz CT molecular complexity index is 1500. The lowest BCUT2D eigenvalue weighted by atomic mass is 9.97. The molecule has 0 radical (unpaired) electrons. The monoisotopic (exact) mass is 718 g/mol. The van der Waals surface area contributed by atoms with Crippen LogP contribution in [0.1, 0.15) is 73.3 Å². The second kappa shape index (κ2) is 16.8. The number of carboxylic acid groups (broad SMARTS) is 1. The number of likely N-dealkylation sites (tertiary alicyclic amines) is 1. The first-order chi connectivity index (χ1) is 21.6. The smallest absolute Gasteiger partial charge is 0.419 e. The highest BCUT2D eigenvalue weighted by atomic mass is 35.5. The summed E-state index contributed by atoms with van der Waals surface area (Å²) in [7, 11) is 0. The topological polar surface area (TPSA) is 121 Å². The summed E-state index contributed by atoms with van der Waals surface area (Å²) >= 11 is 1.23. The van der Waals surface area contributed by atoms with Crippen LogP contribution >= 0.6 is 36.2 Å². The number of carbonyl (C=O) groups excluding carboxylic acids is 1. The first kappa shape index (κ1) is 38.2. The van der Waals surface area contributed by atoms with E-state index in [1.54, 1.807) is 6.07 Å². The summed E-state index contributed by atoms with van der Waals surface area (Å²) in [5.74, 6) is -1.39. The molecule has 2 aromatic heterocycles. The zero-order valence-electron chi connectivity index (χ0n) is 26.1. The predicted octanol–water partition coefficient (Wildman–Crippen LogP) is 7.18. The minimum absolute atomic E-state index is 0. The fourth-order valence-corrected chi connectivity index (χ4v) is 6.85. The molecule has 1 aromatic carbocycles. The van der Waals surface area contributed by atoms with Gasteiger partial charge in [-0.3, -0.25) is 19.8 Å². The third kappa shape index (κ3) is 9.24. The highest BCUT2D eigenvalue weighted by Crippen LogP contribution is 2.41. The SMILES string of the molecule is CCCOc1ccc(-c2nc(NC(=O)c3cnc(N4CCC(C(=O)O)CC4)cn3)sc2CN2CCC[C@H]2CC)cc1C(F)(F)F.Cl.Cl. The number of amides is 1. The van der Waals surface area contributed by atoms with E-state index in [-0.39, 0.29) is 53.9 Å². The van der Waals surface area contributed by atoms with Crippen molar-refractivity contribution in [3.8, 4) is 17.0 Å². The Hall–Kier alpha value is -3.20. The zero-order valence-corrected chi connectivity index (χ0v) is 28.5. The van der Waals surface area contributed by atoms with Crippen LogP contribution in [0.4, 0.5) is 24.1 Å². The zero-order chi connectivity index (χ0) is 32.1. The van der Waals surface area contributed by atoms with E-state index in [9.17, 15) is 27.9 Å². The third-order valence-corrected chi connectivity index (χ3v) is 9.25. The van der Waals surface area contributed by atoms with Crippen LogP contribution in [0, 0.1) is 5.92 Å². The van der Waals surface area contributed by atoms with Gasteiger partial charge in [0.05, 0.1) is 36.2 Å². The molecule has 0 aliphatic carbocycles. The van der Waals surface area contributed by atoms with E-state index in [4.69, 9.17) is 4.74 Å². The van der Waals surface area contributed by atoms with E-state index < -0.39 is 23.6 Å². The van der Waals surface area contributed by atoms with Crippen LogP contribution < -0.4 is 15.0 Å². The van der Waals surface area contributed by atoms with Gasteiger partial charge in [-0.15, -0.1) is 24.8 Å². The number of halogens is 5. The minimum atomic E-state index is -4.62. The number of carbonyl (C=O) groups is 2. The number of alkyl halides is 3. The summed E-state index contributed by atoms with van der Waals surface area (Å²) in [6.45, 7) is 6.56. The summed E-state index contributed by atoms with van der Waals surface area (Å²) in [4.78, 5) is 42.6. The number of thiazole rings is 1. The van der Waals surface area contributed by atoms with Gasteiger partial charge < -0.3 is 14.7 Å². The summed E-state index contributed by atoms with van der Waals surface area (Å²) in [6, 6.07) is 4.35. The molecule has 5 rings (SSSR count). The van der Waals surface area contributed by atoms with E-state index in [2.05, 4.69) is 32.1 Å². The number of anilines is 2. The first-order valence-electron chi connectivity index (χ1n) is 15.3. The number of nitrogens with one attached hydrogen (secondary N) is 1. The third-order valence-electron chi connectivity index (χ3n) is 8.29. The van der Waals surface area contributed by atoms with Crippen LogP contribution in [0.2, 0.25) is 0 Å². The molecular weight excluding hydrogens is 680 g/mol. The van der Waals surface area contributed by atoms with E-state index in [1.165, 1.54) is 29.8 Å². The molecule has 3 aromatic rings. The minimum Gasteiger partial charge on any atom is -0.493 e. The summed E-state index contributed by atoms with van der Waals surface area (Å²) < 4.78 is 47.6. The van der Waals surface area contributed by atoms with E-state index >= 15 is 0 Å². The second-order valence-electron chi connectivity index (χ2n) is 11.3. The number of carboxylic acids is 1. The number of aromatic nitrogens is 3. The molecule has 258 valence electrons. The number of hydrogen-bond donors (Lipinski definition) is 2. The molecule has 2 aliphatic heterocycles. The lowest BCUT2D eigenvalue weighted by Crippen LogP contribution is -2.36. The maximum Gasteiger partial charge on any atom is 0.419 e. The molecule has 0 bridgehead atoms. The maximum absolute atomic E-state index is 14.1. The molecule has 47 heavy (non-hydrogen) atoms. The molecule has 2 N–H and O–H groups in total. The molecule has 2 saturated heterocycles. The van der Waals surface area contributed by atoms with E-state index in [0.29, 0.717) is 62.0 Å². The summed E-state index contributed by atoms with van der Waals surface area (Å²) in [5, 5.41) is 12.2. The van der Waals surface area contributed by atoms with Crippen LogP contribution in [0.5, 0.6) is 5.75 Å². The van der Waals surface area contributed by atoms with Gasteiger partial charge in [-0.25, -0.2) is 15.0 Å². The number of ether oxygens (including phenoxy) is 1. The molecule has 0 unspecified atom stereocenters. The Morgan fingerprint density at radius 3 is 2.45 bits per heavy atom. The predicted molar refractivity (Wildman–Crippen MR) is 179 cm³/mol. The van der Waals surface area contributed by atoms with Crippen molar-refractivity contribution in [1.82, 2.24) is 19.9 Å². The Kier molecular flexibility index (Phi) is 13.6. The van der Waals surface area contributed by atoms with Gasteiger partial charge in [0.2, 0.25) is 0 Å². The summed E-state index contributed by atoms with van der Waals surface area (Å²) in [5.41, 5.74) is -0.134. The van der Waals surface area contributed by atoms with Gasteiger partial charge in [0.1, 0.15) is 17.3 Å². The van der Waals surface area contributed by atoms with Gasteiger partial charge in [0.15, 0.2) is 5.13 Å². The van der Waals surface area contributed by atoms with Crippen molar-refractivity contribution in [3.05, 3.63) is 46.7 Å². The van der Waals surface area contributed by atoms with Gasteiger partial charge >= 0.3 is 12.1 Å². The average Bonchev–Trinajstić information content (AvgIpc) is 3.66. The molecule has 2 aliphatic rings. The normalized spacial score (nSPS) is 17.1. The fourth-order valence-electron chi connectivity index (χ4n) is 5.84. The van der Waals surface area contributed by atoms with Crippen molar-refractivity contribution in [1.29, 1.82) is 0 Å². The van der Waals surface area contributed by atoms with Gasteiger partial charge in [-0.05, 0) is 63.3 Å². The number of hydrogen-bond acceptors (Lipinski definition) is 9. The lowest BCUT2D eigenvalue weighted by molar-refractivity contribution is -0.142. The Balaban J connectivity index is 0.00000300. The van der Waals surface area contributed by atoms with Gasteiger partial charge in [-0.2, -0.15) is 13.2 Å². The number of aliphatic carboxylic acids is 1. The molecule has 0 spiro atoms. The van der Waals surface area contributed by atoms with Crippen LogP contribution in [0.25, 0.3) is 11.3 Å². The van der Waals surface area contributed by atoms with Crippen LogP contribution in [0.3, 0.4) is 0 Å². The highest BCUT2D eigenvalue weighted by molar-refractivity contribution is 7.16. The van der Waals surface area contributed by atoms with Gasteiger partial charge in [0, 0.05) is 36.1 Å². The van der Waals surface area contributed by atoms with Crippen molar-refractivity contribution < 1.29 is 32.6 Å². The van der Waals surface area contributed by atoms with Crippen molar-refractivity contribution in [2.24, 2.45) is 5.92 Å². The molecule has 4 heterocycles. The van der Waals surface area contributed by atoms with Gasteiger partial charge in [-0.1, -0.05) is 25.2 Å². The largest absolute Gasteiger partial charge is 0.493 e. The van der Waals surface area contributed by atoms with Crippen LogP contribution in [-0.4, -0.2) is 69.1 Å². The molecule has 16 heteroatoms. The lowest BCUT2D eigenvalue weighted by Gasteiger charge is -2.30. The Morgan fingerprint density at radius 1 is 1.09 bits per heavy atom. The van der Waals surface area contributed by atoms with E-state index in [1.807, 2.05) is 11.8 Å². The fraction of sp³-hybridized carbons (Fsp3) is 0.516. The molecule has 1 amide bonds. The van der Waals surface area contributed by atoms with Crippen molar-refractivity contribution in [2.45, 2.75) is 71.1 Å². The van der Waals surface area contributed by atoms with E-state index in [0.717, 1.165) is 36.8 Å². The molecule has 10 nitrogen and oxygen atoms in total. The average molecular weight is 720 g/mol. The molecular formula is C31H39Cl2F3N6O4S. The van der Waals surface area contributed by atoms with Crippen molar-refractivity contribution in [3.63, 3.8) is 0 Å². The first-order valence-corrected chi connectivity index (χ1v) is 16.1. The molecule has 1 atom stereocenters. The second-order valence-corrected chi connectivity index (χ2v) is 12.4. The Morgan fingerprint density at radius 2 is 1.83 bits per heavy atom. The van der Waals surface area contributed by atoms with Crippen molar-refractivity contribution in [2.75, 3.05) is 36.5 Å². The van der Waals surface area contributed by atoms with Crippen LogP contribution in [-0.2, 0) is 17.5 Å². The van der Waals surface area contributed by atoms with Crippen LogP contribution in [0.15, 0.2) is 30.6 Å². The molecule has 0 saturated carbocycles. The Labute approximate surface area is 288 Å². The number of benzene rings is 1. The quantitative estimate of drug-likeness (QED) is 0.212. The number of nitrogens with zero attached hydrogens (tertiary/aromatic N) is 5. The maximum atomic E-state index is 14.1. The number of rotatable bonds is 11. The highest BCUT2D eigenvalue weighted by Gasteiger charge is 2.35. The summed E-state index contributed by atoms with van der Waals surface area (Å²) in [6.07, 6.45) is 2.86. The number of piperidine rings is 1. The van der Waals surface area contributed by atoms with Gasteiger partial charge in [0.25, 0.3) is 5.91 Å².